The van der Waals surface area contributed by atoms with E-state index in [-0.39, 0.29) is 24.1 Å². The molecule has 0 saturated heterocycles. The molecule has 0 aliphatic carbocycles. The smallest absolute Gasteiger partial charge is 0.339 e. The van der Waals surface area contributed by atoms with Gasteiger partial charge in [0, 0.05) is 11.4 Å². The van der Waals surface area contributed by atoms with Crippen molar-refractivity contribution in [1.29, 1.82) is 0 Å². The molecule has 1 amide bonds. The van der Waals surface area contributed by atoms with Gasteiger partial charge in [-0.15, -0.1) is 0 Å². The van der Waals surface area contributed by atoms with Gasteiger partial charge in [-0.05, 0) is 18.2 Å². The third kappa shape index (κ3) is 4.59. The first-order valence-electron chi connectivity index (χ1n) is 5.33. The zero-order valence-corrected chi connectivity index (χ0v) is 10.9. The second-order valence-corrected chi connectivity index (χ2v) is 4.06. The van der Waals surface area contributed by atoms with Crippen LogP contribution in [0.15, 0.2) is 18.2 Å². The maximum atomic E-state index is 11.5. The average molecular weight is 286 g/mol. The molecule has 0 atom stereocenters. The van der Waals surface area contributed by atoms with Crippen LogP contribution < -0.4 is 5.32 Å². The minimum Gasteiger partial charge on any atom is -0.481 e. The van der Waals surface area contributed by atoms with Crippen molar-refractivity contribution in [2.24, 2.45) is 0 Å². The van der Waals surface area contributed by atoms with E-state index in [9.17, 15) is 14.4 Å². The number of ether oxygens (including phenoxy) is 1. The van der Waals surface area contributed by atoms with Crippen LogP contribution in [0, 0.1) is 0 Å². The third-order valence-corrected chi connectivity index (χ3v) is 2.46. The molecule has 0 aliphatic rings. The number of aliphatic carboxylic acids is 1. The molecule has 0 heterocycles. The number of rotatable bonds is 5. The Morgan fingerprint density at radius 2 is 2.00 bits per heavy atom. The summed E-state index contributed by atoms with van der Waals surface area (Å²) >= 11 is 5.78. The molecule has 0 spiro atoms. The molecule has 0 aromatic heterocycles. The first kappa shape index (κ1) is 15.0. The second-order valence-electron chi connectivity index (χ2n) is 3.62. The van der Waals surface area contributed by atoms with Crippen LogP contribution in [0.5, 0.6) is 0 Å². The monoisotopic (exact) mass is 285 g/mol. The van der Waals surface area contributed by atoms with Crippen LogP contribution in [-0.4, -0.2) is 30.1 Å². The summed E-state index contributed by atoms with van der Waals surface area (Å²) in [5.41, 5.74) is 0.338. The Bertz CT molecular complexity index is 515. The molecule has 0 saturated carbocycles. The molecule has 0 bridgehead atoms. The van der Waals surface area contributed by atoms with Crippen LogP contribution in [0.1, 0.15) is 23.2 Å². The summed E-state index contributed by atoms with van der Waals surface area (Å²) in [5.74, 6) is -2.21. The summed E-state index contributed by atoms with van der Waals surface area (Å²) in [6, 6.07) is 4.30. The molecule has 0 unspecified atom stereocenters. The predicted octanol–water partition coefficient (Wildman–Crippen LogP) is 1.93. The van der Waals surface area contributed by atoms with E-state index in [0.717, 1.165) is 0 Å². The van der Waals surface area contributed by atoms with Crippen molar-refractivity contribution in [1.82, 2.24) is 0 Å². The lowest BCUT2D eigenvalue weighted by molar-refractivity contribution is -0.138. The molecule has 0 fully saturated rings. The van der Waals surface area contributed by atoms with Gasteiger partial charge in [0.2, 0.25) is 5.91 Å². The van der Waals surface area contributed by atoms with Gasteiger partial charge >= 0.3 is 11.9 Å². The van der Waals surface area contributed by atoms with Crippen molar-refractivity contribution in [2.75, 3.05) is 12.4 Å². The minimum absolute atomic E-state index is 0.149. The number of hydrogen-bond donors (Lipinski definition) is 2. The van der Waals surface area contributed by atoms with E-state index in [1.807, 2.05) is 0 Å². The Labute approximate surface area is 114 Å². The normalized spacial score (nSPS) is 9.79. The fourth-order valence-corrected chi connectivity index (χ4v) is 1.51. The Morgan fingerprint density at radius 1 is 1.32 bits per heavy atom. The van der Waals surface area contributed by atoms with Crippen LogP contribution in [-0.2, 0) is 14.3 Å². The van der Waals surface area contributed by atoms with E-state index in [1.165, 1.54) is 25.3 Å². The Kier molecular flexibility index (Phi) is 5.32. The van der Waals surface area contributed by atoms with E-state index in [1.54, 1.807) is 0 Å². The highest BCUT2D eigenvalue weighted by atomic mass is 35.5. The fraction of sp³-hybridized carbons (Fsp3) is 0.250. The topological polar surface area (TPSA) is 92.7 Å². The standard InChI is InChI=1S/C12H12ClNO5/c1-19-12(18)8-3-2-7(13)6-9(8)14-10(15)4-5-11(16)17/h2-3,6H,4-5H2,1H3,(H,14,15)(H,16,17). The van der Waals surface area contributed by atoms with Crippen molar-refractivity contribution in [2.45, 2.75) is 12.8 Å². The maximum Gasteiger partial charge on any atom is 0.339 e. The number of halogens is 1. The van der Waals surface area contributed by atoms with E-state index in [4.69, 9.17) is 16.7 Å². The second kappa shape index (κ2) is 6.75. The van der Waals surface area contributed by atoms with Crippen LogP contribution in [0.3, 0.4) is 0 Å². The first-order valence-corrected chi connectivity index (χ1v) is 5.71. The molecule has 102 valence electrons. The number of hydrogen-bond acceptors (Lipinski definition) is 4. The predicted molar refractivity (Wildman–Crippen MR) is 68.3 cm³/mol. The van der Waals surface area contributed by atoms with Crippen LogP contribution in [0.4, 0.5) is 5.69 Å². The van der Waals surface area contributed by atoms with Crippen molar-refractivity contribution in [3.05, 3.63) is 28.8 Å². The number of carboxylic acid groups (broad SMARTS) is 1. The summed E-state index contributed by atoms with van der Waals surface area (Å²) in [7, 11) is 1.22. The number of anilines is 1. The number of benzene rings is 1. The van der Waals surface area contributed by atoms with E-state index < -0.39 is 17.8 Å². The van der Waals surface area contributed by atoms with Gasteiger partial charge in [0.15, 0.2) is 0 Å². The van der Waals surface area contributed by atoms with Crippen molar-refractivity contribution in [3.8, 4) is 0 Å². The lowest BCUT2D eigenvalue weighted by atomic mass is 10.1. The number of carbonyl (C=O) groups excluding carboxylic acids is 2. The summed E-state index contributed by atoms with van der Waals surface area (Å²) in [6.45, 7) is 0. The molecular weight excluding hydrogens is 274 g/mol. The molecule has 6 nitrogen and oxygen atoms in total. The Hall–Kier alpha value is -2.08. The molecule has 0 aliphatic heterocycles. The molecule has 7 heteroatoms. The zero-order valence-electron chi connectivity index (χ0n) is 10.1. The van der Waals surface area contributed by atoms with Crippen LogP contribution in [0.2, 0.25) is 5.02 Å². The molecule has 1 aromatic carbocycles. The van der Waals surface area contributed by atoms with Crippen molar-refractivity contribution < 1.29 is 24.2 Å². The van der Waals surface area contributed by atoms with Gasteiger partial charge in [-0.25, -0.2) is 4.79 Å². The van der Waals surface area contributed by atoms with E-state index in [2.05, 4.69) is 10.1 Å². The Morgan fingerprint density at radius 3 is 2.58 bits per heavy atom. The number of esters is 1. The number of methoxy groups -OCH3 is 1. The summed E-state index contributed by atoms with van der Waals surface area (Å²) in [5, 5.41) is 11.2. The van der Waals surface area contributed by atoms with Gasteiger partial charge in [-0.1, -0.05) is 11.6 Å². The largest absolute Gasteiger partial charge is 0.481 e. The summed E-state index contributed by atoms with van der Waals surface area (Å²) in [6.07, 6.45) is -0.484. The minimum atomic E-state index is -1.07. The zero-order chi connectivity index (χ0) is 14.4. The molecule has 1 rings (SSSR count). The lowest BCUT2D eigenvalue weighted by Crippen LogP contribution is -2.16. The molecule has 1 aromatic rings. The Balaban J connectivity index is 2.86. The highest BCUT2D eigenvalue weighted by Crippen LogP contribution is 2.22. The van der Waals surface area contributed by atoms with Crippen LogP contribution >= 0.6 is 11.6 Å². The molecule has 0 radical (unpaired) electrons. The van der Waals surface area contributed by atoms with Crippen LogP contribution in [0.25, 0.3) is 0 Å². The lowest BCUT2D eigenvalue weighted by Gasteiger charge is -2.09. The molecule has 2 N–H and O–H groups in total. The average Bonchev–Trinajstić information content (AvgIpc) is 2.35. The quantitative estimate of drug-likeness (QED) is 0.806. The van der Waals surface area contributed by atoms with Crippen molar-refractivity contribution >= 4 is 35.1 Å². The van der Waals surface area contributed by atoms with Gasteiger partial charge in [-0.2, -0.15) is 0 Å². The van der Waals surface area contributed by atoms with Gasteiger partial charge in [0.25, 0.3) is 0 Å². The first-order chi connectivity index (χ1) is 8.93. The van der Waals surface area contributed by atoms with Crippen molar-refractivity contribution in [3.63, 3.8) is 0 Å². The number of carboxylic acids is 1. The number of amides is 1. The van der Waals surface area contributed by atoms with Gasteiger partial charge < -0.3 is 15.2 Å². The highest BCUT2D eigenvalue weighted by molar-refractivity contribution is 6.31. The number of carbonyl (C=O) groups is 3. The molecular formula is C12H12ClNO5. The van der Waals surface area contributed by atoms with E-state index in [0.29, 0.717) is 5.02 Å². The third-order valence-electron chi connectivity index (χ3n) is 2.23. The highest BCUT2D eigenvalue weighted by Gasteiger charge is 2.14. The molecule has 19 heavy (non-hydrogen) atoms. The fourth-order valence-electron chi connectivity index (χ4n) is 1.34. The van der Waals surface area contributed by atoms with Gasteiger partial charge in [0.1, 0.15) is 0 Å². The number of nitrogens with one attached hydrogen (secondary N) is 1. The SMILES string of the molecule is COC(=O)c1ccc(Cl)cc1NC(=O)CCC(=O)O. The maximum absolute atomic E-state index is 11.5. The van der Waals surface area contributed by atoms with Gasteiger partial charge in [0.05, 0.1) is 24.8 Å². The van der Waals surface area contributed by atoms with Gasteiger partial charge in [-0.3, -0.25) is 9.59 Å². The summed E-state index contributed by atoms with van der Waals surface area (Å²) in [4.78, 5) is 33.4. The summed E-state index contributed by atoms with van der Waals surface area (Å²) < 4.78 is 4.57. The van der Waals surface area contributed by atoms with E-state index >= 15 is 0 Å².